The van der Waals surface area contributed by atoms with Crippen molar-refractivity contribution in [2.24, 2.45) is 5.92 Å². The van der Waals surface area contributed by atoms with E-state index < -0.39 is 12.0 Å². The minimum atomic E-state index is -0.851. The molecule has 25 heavy (non-hydrogen) atoms. The van der Waals surface area contributed by atoms with E-state index in [4.69, 9.17) is 9.84 Å². The van der Waals surface area contributed by atoms with Gasteiger partial charge in [0.25, 0.3) is 5.91 Å². The smallest absolute Gasteiger partial charge is 0.303 e. The number of carbonyl (C=O) groups excluding carboxylic acids is 2. The van der Waals surface area contributed by atoms with Gasteiger partial charge in [-0.15, -0.1) is 0 Å². The van der Waals surface area contributed by atoms with Gasteiger partial charge in [-0.1, -0.05) is 26.0 Å². The average Bonchev–Trinajstić information content (AvgIpc) is 2.58. The number of carboxylic acid groups (broad SMARTS) is 1. The molecule has 3 N–H and O–H groups in total. The third-order valence-corrected chi connectivity index (χ3v) is 3.70. The Bertz CT molecular complexity index is 601. The fraction of sp³-hybridized carbons (Fsp3) is 0.500. The summed E-state index contributed by atoms with van der Waals surface area (Å²) in [6.07, 6.45) is 1.15. The molecule has 0 saturated carbocycles. The second-order valence-corrected chi connectivity index (χ2v) is 6.04. The summed E-state index contributed by atoms with van der Waals surface area (Å²) in [5, 5.41) is 14.1. The number of carbonyl (C=O) groups is 3. The highest BCUT2D eigenvalue weighted by atomic mass is 16.5. The SMILES string of the molecule is COc1ccccc1C(=O)NC(C(=O)NCCCCC(=O)O)C(C)C. The number of hydrogen-bond donors (Lipinski definition) is 3. The lowest BCUT2D eigenvalue weighted by atomic mass is 10.0. The van der Waals surface area contributed by atoms with E-state index in [9.17, 15) is 14.4 Å². The quantitative estimate of drug-likeness (QED) is 0.558. The van der Waals surface area contributed by atoms with E-state index in [0.717, 1.165) is 0 Å². The van der Waals surface area contributed by atoms with Crippen LogP contribution in [0.15, 0.2) is 24.3 Å². The molecule has 1 rings (SSSR count). The predicted molar refractivity (Wildman–Crippen MR) is 93.6 cm³/mol. The van der Waals surface area contributed by atoms with Crippen molar-refractivity contribution in [3.8, 4) is 5.75 Å². The normalized spacial score (nSPS) is 11.7. The lowest BCUT2D eigenvalue weighted by Gasteiger charge is -2.22. The summed E-state index contributed by atoms with van der Waals surface area (Å²) in [4.78, 5) is 35.2. The van der Waals surface area contributed by atoms with Gasteiger partial charge in [-0.05, 0) is 30.9 Å². The molecule has 2 amide bonds. The Morgan fingerprint density at radius 2 is 1.84 bits per heavy atom. The molecule has 138 valence electrons. The van der Waals surface area contributed by atoms with E-state index >= 15 is 0 Å². The van der Waals surface area contributed by atoms with Crippen LogP contribution in [0.4, 0.5) is 0 Å². The average molecular weight is 350 g/mol. The molecule has 0 bridgehead atoms. The van der Waals surface area contributed by atoms with Crippen LogP contribution < -0.4 is 15.4 Å². The second-order valence-electron chi connectivity index (χ2n) is 6.04. The van der Waals surface area contributed by atoms with Crippen molar-refractivity contribution in [3.63, 3.8) is 0 Å². The molecule has 0 saturated heterocycles. The van der Waals surface area contributed by atoms with Gasteiger partial charge in [0, 0.05) is 13.0 Å². The van der Waals surface area contributed by atoms with Crippen LogP contribution >= 0.6 is 0 Å². The fourth-order valence-corrected chi connectivity index (χ4v) is 2.31. The Hall–Kier alpha value is -2.57. The number of amides is 2. The Balaban J connectivity index is 2.62. The van der Waals surface area contributed by atoms with Gasteiger partial charge in [-0.25, -0.2) is 0 Å². The summed E-state index contributed by atoms with van der Waals surface area (Å²) >= 11 is 0. The molecule has 0 aliphatic carbocycles. The number of para-hydroxylation sites is 1. The van der Waals surface area contributed by atoms with Gasteiger partial charge in [-0.3, -0.25) is 14.4 Å². The van der Waals surface area contributed by atoms with E-state index in [0.29, 0.717) is 30.7 Å². The molecular weight excluding hydrogens is 324 g/mol. The maximum absolute atomic E-state index is 12.5. The molecule has 0 aliphatic rings. The van der Waals surface area contributed by atoms with Gasteiger partial charge in [0.15, 0.2) is 0 Å². The predicted octanol–water partition coefficient (Wildman–Crippen LogP) is 1.82. The maximum atomic E-state index is 12.5. The molecule has 0 spiro atoms. The van der Waals surface area contributed by atoms with Gasteiger partial charge in [0.1, 0.15) is 11.8 Å². The molecule has 7 heteroatoms. The molecule has 0 aliphatic heterocycles. The molecule has 1 atom stereocenters. The first-order chi connectivity index (χ1) is 11.9. The van der Waals surface area contributed by atoms with Crippen LogP contribution in [0.25, 0.3) is 0 Å². The highest BCUT2D eigenvalue weighted by Gasteiger charge is 2.25. The van der Waals surface area contributed by atoms with E-state index in [2.05, 4.69) is 10.6 Å². The van der Waals surface area contributed by atoms with Crippen molar-refractivity contribution in [2.45, 2.75) is 39.2 Å². The monoisotopic (exact) mass is 350 g/mol. The Labute approximate surface area is 147 Å². The number of aliphatic carboxylic acids is 1. The third-order valence-electron chi connectivity index (χ3n) is 3.70. The van der Waals surface area contributed by atoms with Crippen molar-refractivity contribution in [1.82, 2.24) is 10.6 Å². The van der Waals surface area contributed by atoms with Gasteiger partial charge >= 0.3 is 5.97 Å². The van der Waals surface area contributed by atoms with Crippen LogP contribution in [0.3, 0.4) is 0 Å². The molecule has 1 aromatic rings. The summed E-state index contributed by atoms with van der Waals surface area (Å²) in [7, 11) is 1.48. The minimum absolute atomic E-state index is 0.0774. The zero-order chi connectivity index (χ0) is 18.8. The maximum Gasteiger partial charge on any atom is 0.303 e. The standard InChI is InChI=1S/C18H26N2O5/c1-12(2)16(18(24)19-11-7-6-10-15(21)22)20-17(23)13-8-4-5-9-14(13)25-3/h4-5,8-9,12,16H,6-7,10-11H2,1-3H3,(H,19,24)(H,20,23)(H,21,22). The summed E-state index contributed by atoms with van der Waals surface area (Å²) in [5.74, 6) is -1.17. The Kier molecular flexibility index (Phi) is 8.46. The van der Waals surface area contributed by atoms with Gasteiger partial charge in [-0.2, -0.15) is 0 Å². The molecule has 7 nitrogen and oxygen atoms in total. The van der Waals surface area contributed by atoms with Crippen molar-refractivity contribution in [1.29, 1.82) is 0 Å². The lowest BCUT2D eigenvalue weighted by Crippen LogP contribution is -2.49. The zero-order valence-corrected chi connectivity index (χ0v) is 14.9. The third kappa shape index (κ3) is 6.82. The topological polar surface area (TPSA) is 105 Å². The largest absolute Gasteiger partial charge is 0.496 e. The summed E-state index contributed by atoms with van der Waals surface area (Å²) < 4.78 is 5.17. The molecule has 0 radical (unpaired) electrons. The zero-order valence-electron chi connectivity index (χ0n) is 14.9. The Morgan fingerprint density at radius 1 is 1.16 bits per heavy atom. The van der Waals surface area contributed by atoms with Crippen LogP contribution in [-0.2, 0) is 9.59 Å². The van der Waals surface area contributed by atoms with Crippen LogP contribution in [0.1, 0.15) is 43.5 Å². The van der Waals surface area contributed by atoms with E-state index in [-0.39, 0.29) is 24.2 Å². The van der Waals surface area contributed by atoms with Crippen LogP contribution in [-0.4, -0.2) is 42.6 Å². The minimum Gasteiger partial charge on any atom is -0.496 e. The number of nitrogens with one attached hydrogen (secondary N) is 2. The van der Waals surface area contributed by atoms with Crippen LogP contribution in [0.2, 0.25) is 0 Å². The number of unbranched alkanes of at least 4 members (excludes halogenated alkanes) is 1. The molecule has 0 aromatic heterocycles. The number of ether oxygens (including phenoxy) is 1. The summed E-state index contributed by atoms with van der Waals surface area (Å²) in [5.41, 5.74) is 0.366. The number of carboxylic acids is 1. The van der Waals surface area contributed by atoms with E-state index in [1.54, 1.807) is 24.3 Å². The number of rotatable bonds is 10. The summed E-state index contributed by atoms with van der Waals surface area (Å²) in [6.45, 7) is 4.06. The van der Waals surface area contributed by atoms with Gasteiger partial charge < -0.3 is 20.5 Å². The lowest BCUT2D eigenvalue weighted by molar-refractivity contribution is -0.137. The van der Waals surface area contributed by atoms with Crippen LogP contribution in [0.5, 0.6) is 5.75 Å². The number of hydrogen-bond acceptors (Lipinski definition) is 4. The molecule has 1 unspecified atom stereocenters. The summed E-state index contributed by atoms with van der Waals surface area (Å²) in [6, 6.07) is 6.12. The fourth-order valence-electron chi connectivity index (χ4n) is 2.31. The van der Waals surface area contributed by atoms with Gasteiger partial charge in [0.2, 0.25) is 5.91 Å². The molecular formula is C18H26N2O5. The van der Waals surface area contributed by atoms with E-state index in [1.807, 2.05) is 13.8 Å². The molecule has 1 aromatic carbocycles. The molecule has 0 heterocycles. The van der Waals surface area contributed by atoms with E-state index in [1.165, 1.54) is 7.11 Å². The van der Waals surface area contributed by atoms with Crippen molar-refractivity contribution >= 4 is 17.8 Å². The van der Waals surface area contributed by atoms with Crippen molar-refractivity contribution in [3.05, 3.63) is 29.8 Å². The Morgan fingerprint density at radius 3 is 2.44 bits per heavy atom. The highest BCUT2D eigenvalue weighted by molar-refractivity contribution is 5.99. The van der Waals surface area contributed by atoms with Crippen LogP contribution in [0, 0.1) is 5.92 Å². The number of methoxy groups -OCH3 is 1. The van der Waals surface area contributed by atoms with Gasteiger partial charge in [0.05, 0.1) is 12.7 Å². The molecule has 0 fully saturated rings. The first-order valence-electron chi connectivity index (χ1n) is 8.30. The highest BCUT2D eigenvalue weighted by Crippen LogP contribution is 2.17. The first-order valence-corrected chi connectivity index (χ1v) is 8.30. The first kappa shape index (κ1) is 20.5. The van der Waals surface area contributed by atoms with Crippen molar-refractivity contribution in [2.75, 3.05) is 13.7 Å². The number of benzene rings is 1. The van der Waals surface area contributed by atoms with Crippen molar-refractivity contribution < 1.29 is 24.2 Å². The second kappa shape index (κ2) is 10.3.